The van der Waals surface area contributed by atoms with Crippen LogP contribution in [0.15, 0.2) is 77.9 Å². The van der Waals surface area contributed by atoms with Crippen molar-refractivity contribution in [2.45, 2.75) is 26.9 Å². The maximum atomic E-state index is 13.1. The van der Waals surface area contributed by atoms with Gasteiger partial charge in [0.25, 0.3) is 5.56 Å². The predicted molar refractivity (Wildman–Crippen MR) is 123 cm³/mol. The van der Waals surface area contributed by atoms with Gasteiger partial charge in [-0.15, -0.1) is 0 Å². The molecule has 0 radical (unpaired) electrons. The van der Waals surface area contributed by atoms with Crippen LogP contribution in [0.5, 0.6) is 0 Å². The van der Waals surface area contributed by atoms with Gasteiger partial charge in [-0.3, -0.25) is 9.78 Å². The van der Waals surface area contributed by atoms with E-state index < -0.39 is 0 Å². The third-order valence-electron chi connectivity index (χ3n) is 5.31. The third-order valence-corrected chi connectivity index (χ3v) is 5.31. The van der Waals surface area contributed by atoms with E-state index in [1.807, 2.05) is 68.4 Å². The third kappa shape index (κ3) is 4.80. The van der Waals surface area contributed by atoms with Gasteiger partial charge < -0.3 is 15.2 Å². The van der Waals surface area contributed by atoms with Crippen molar-refractivity contribution < 1.29 is 4.79 Å². The molecule has 2 N–H and O–H groups in total. The highest BCUT2D eigenvalue weighted by Gasteiger charge is 2.17. The van der Waals surface area contributed by atoms with E-state index in [-0.39, 0.29) is 18.1 Å². The number of carbonyl (C=O) groups is 1. The van der Waals surface area contributed by atoms with E-state index in [2.05, 4.69) is 21.4 Å². The van der Waals surface area contributed by atoms with Crippen molar-refractivity contribution in [3.8, 4) is 0 Å². The highest BCUT2D eigenvalue weighted by molar-refractivity contribution is 5.89. The van der Waals surface area contributed by atoms with Crippen LogP contribution in [0, 0.1) is 13.8 Å². The second-order valence-corrected chi connectivity index (χ2v) is 7.66. The summed E-state index contributed by atoms with van der Waals surface area (Å²) < 4.78 is 0. The smallest absolute Gasteiger partial charge is 0.322 e. The molecule has 0 fully saturated rings. The van der Waals surface area contributed by atoms with Crippen molar-refractivity contribution in [1.29, 1.82) is 0 Å². The number of pyridine rings is 2. The molecule has 6 nitrogen and oxygen atoms in total. The summed E-state index contributed by atoms with van der Waals surface area (Å²) in [6.07, 6.45) is 3.41. The van der Waals surface area contributed by atoms with Gasteiger partial charge in [-0.2, -0.15) is 0 Å². The van der Waals surface area contributed by atoms with Crippen LogP contribution in [0.25, 0.3) is 10.9 Å². The summed E-state index contributed by atoms with van der Waals surface area (Å²) in [6.45, 7) is 4.56. The SMILES string of the molecule is Cc1cc2cc(CN(Cc3cccnc3)C(=O)Nc3ccccc3)c(=O)[nH]c2cc1C. The van der Waals surface area contributed by atoms with Crippen LogP contribution >= 0.6 is 0 Å². The average molecular weight is 412 g/mol. The molecular formula is C25H24N4O2. The molecule has 2 aromatic carbocycles. The maximum Gasteiger partial charge on any atom is 0.322 e. The zero-order chi connectivity index (χ0) is 21.8. The number of benzene rings is 2. The quantitative estimate of drug-likeness (QED) is 0.495. The fourth-order valence-corrected chi connectivity index (χ4v) is 3.48. The number of aryl methyl sites for hydroxylation is 2. The molecular weight excluding hydrogens is 388 g/mol. The highest BCUT2D eigenvalue weighted by atomic mass is 16.2. The molecule has 156 valence electrons. The number of nitrogens with zero attached hydrogens (tertiary/aromatic N) is 2. The van der Waals surface area contributed by atoms with E-state index in [0.29, 0.717) is 17.8 Å². The summed E-state index contributed by atoms with van der Waals surface area (Å²) in [5.41, 5.74) is 4.99. The van der Waals surface area contributed by atoms with E-state index in [4.69, 9.17) is 0 Å². The highest BCUT2D eigenvalue weighted by Crippen LogP contribution is 2.19. The fourth-order valence-electron chi connectivity index (χ4n) is 3.48. The van der Waals surface area contributed by atoms with Crippen molar-refractivity contribution in [3.63, 3.8) is 0 Å². The zero-order valence-corrected chi connectivity index (χ0v) is 17.6. The molecule has 0 aliphatic carbocycles. The molecule has 0 aliphatic heterocycles. The van der Waals surface area contributed by atoms with Crippen LogP contribution in [-0.2, 0) is 13.1 Å². The number of urea groups is 1. The van der Waals surface area contributed by atoms with Gasteiger partial charge in [0.2, 0.25) is 0 Å². The summed E-state index contributed by atoms with van der Waals surface area (Å²) in [4.78, 5) is 34.6. The lowest BCUT2D eigenvalue weighted by molar-refractivity contribution is 0.206. The Morgan fingerprint density at radius 1 is 1.00 bits per heavy atom. The lowest BCUT2D eigenvalue weighted by Gasteiger charge is -2.23. The molecule has 0 spiro atoms. The van der Waals surface area contributed by atoms with Gasteiger partial charge in [0.1, 0.15) is 0 Å². The van der Waals surface area contributed by atoms with Crippen LogP contribution in [0.3, 0.4) is 0 Å². The number of fused-ring (bicyclic) bond motifs is 1. The van der Waals surface area contributed by atoms with Crippen LogP contribution in [0.2, 0.25) is 0 Å². The summed E-state index contributed by atoms with van der Waals surface area (Å²) in [5.74, 6) is 0. The number of anilines is 1. The number of hydrogen-bond donors (Lipinski definition) is 2. The number of aromatic amines is 1. The van der Waals surface area contributed by atoms with Gasteiger partial charge in [0, 0.05) is 35.7 Å². The molecule has 31 heavy (non-hydrogen) atoms. The van der Waals surface area contributed by atoms with E-state index in [1.54, 1.807) is 17.3 Å². The fraction of sp³-hybridized carbons (Fsp3) is 0.160. The van der Waals surface area contributed by atoms with E-state index in [9.17, 15) is 9.59 Å². The first-order chi connectivity index (χ1) is 15.0. The van der Waals surface area contributed by atoms with Crippen molar-refractivity contribution in [3.05, 3.63) is 106 Å². The number of amides is 2. The molecule has 4 aromatic rings. The Balaban J connectivity index is 1.66. The normalized spacial score (nSPS) is 10.8. The topological polar surface area (TPSA) is 78.1 Å². The Bertz CT molecular complexity index is 1270. The molecule has 4 rings (SSSR count). The summed E-state index contributed by atoms with van der Waals surface area (Å²) in [5, 5.41) is 3.86. The second-order valence-electron chi connectivity index (χ2n) is 7.66. The summed E-state index contributed by atoms with van der Waals surface area (Å²) in [7, 11) is 0. The van der Waals surface area contributed by atoms with Gasteiger partial charge in [0.15, 0.2) is 0 Å². The van der Waals surface area contributed by atoms with Crippen LogP contribution in [0.4, 0.5) is 10.5 Å². The largest absolute Gasteiger partial charge is 0.322 e. The molecule has 0 atom stereocenters. The van der Waals surface area contributed by atoms with Gasteiger partial charge in [-0.05, 0) is 72.3 Å². The first-order valence-corrected chi connectivity index (χ1v) is 10.1. The number of rotatable bonds is 5. The minimum atomic E-state index is -0.283. The minimum Gasteiger partial charge on any atom is -0.322 e. The van der Waals surface area contributed by atoms with Gasteiger partial charge >= 0.3 is 6.03 Å². The van der Waals surface area contributed by atoms with E-state index >= 15 is 0 Å². The Labute approximate surface area is 180 Å². The predicted octanol–water partition coefficient (Wildman–Crippen LogP) is 4.77. The van der Waals surface area contributed by atoms with Crippen LogP contribution in [-0.4, -0.2) is 20.9 Å². The Morgan fingerprint density at radius 3 is 2.52 bits per heavy atom. The molecule has 0 unspecified atom stereocenters. The van der Waals surface area contributed by atoms with Gasteiger partial charge in [-0.25, -0.2) is 4.79 Å². The van der Waals surface area contributed by atoms with Crippen molar-refractivity contribution in [2.24, 2.45) is 0 Å². The number of H-pyrrole nitrogens is 1. The molecule has 2 amide bonds. The van der Waals surface area contributed by atoms with Crippen molar-refractivity contribution in [1.82, 2.24) is 14.9 Å². The Morgan fingerprint density at radius 2 is 1.77 bits per heavy atom. The lowest BCUT2D eigenvalue weighted by Crippen LogP contribution is -2.35. The molecule has 6 heteroatoms. The lowest BCUT2D eigenvalue weighted by atomic mass is 10.0. The number of para-hydroxylation sites is 1. The monoisotopic (exact) mass is 412 g/mol. The molecule has 2 heterocycles. The standard InChI is InChI=1S/C25H24N4O2/c1-17-11-20-13-21(24(30)28-23(20)12-18(17)2)16-29(15-19-7-6-10-26-14-19)25(31)27-22-8-4-3-5-9-22/h3-14H,15-16H2,1-2H3,(H,27,31)(H,28,30). The van der Waals surface area contributed by atoms with Gasteiger partial charge in [-0.1, -0.05) is 24.3 Å². The number of nitrogens with one attached hydrogen (secondary N) is 2. The summed E-state index contributed by atoms with van der Waals surface area (Å²) in [6, 6.07) is 18.6. The minimum absolute atomic E-state index is 0.172. The maximum absolute atomic E-state index is 13.1. The molecule has 0 saturated carbocycles. The second kappa shape index (κ2) is 8.83. The van der Waals surface area contributed by atoms with Crippen molar-refractivity contribution in [2.75, 3.05) is 5.32 Å². The summed E-state index contributed by atoms with van der Waals surface area (Å²) >= 11 is 0. The van der Waals surface area contributed by atoms with Crippen LogP contribution in [0.1, 0.15) is 22.3 Å². The van der Waals surface area contributed by atoms with Crippen LogP contribution < -0.4 is 10.9 Å². The first kappa shape index (κ1) is 20.3. The van der Waals surface area contributed by atoms with Crippen molar-refractivity contribution >= 4 is 22.6 Å². The van der Waals surface area contributed by atoms with Gasteiger partial charge in [0.05, 0.1) is 6.54 Å². The zero-order valence-electron chi connectivity index (χ0n) is 17.6. The Hall–Kier alpha value is -3.93. The number of hydrogen-bond acceptors (Lipinski definition) is 3. The molecule has 2 aromatic heterocycles. The number of carbonyl (C=O) groups excluding carboxylic acids is 1. The number of aromatic nitrogens is 2. The molecule has 0 aliphatic rings. The van der Waals surface area contributed by atoms with E-state index in [0.717, 1.165) is 27.6 Å². The molecule has 0 bridgehead atoms. The van der Waals surface area contributed by atoms with E-state index in [1.165, 1.54) is 0 Å². The Kier molecular flexibility index (Phi) is 5.80. The average Bonchev–Trinajstić information content (AvgIpc) is 2.76. The molecule has 0 saturated heterocycles. The first-order valence-electron chi connectivity index (χ1n) is 10.1.